The summed E-state index contributed by atoms with van der Waals surface area (Å²) in [5.41, 5.74) is 0.683. The van der Waals surface area contributed by atoms with E-state index in [4.69, 9.17) is 9.47 Å². The van der Waals surface area contributed by atoms with Crippen molar-refractivity contribution in [2.24, 2.45) is 0 Å². The first-order valence-electron chi connectivity index (χ1n) is 12.8. The number of fused-ring (bicyclic) bond motifs is 2. The van der Waals surface area contributed by atoms with Crippen LogP contribution in [0.15, 0.2) is 102 Å². The molecule has 6 rings (SSSR count). The third-order valence-corrected chi connectivity index (χ3v) is 8.32. The smallest absolute Gasteiger partial charge is 0.262 e. The molecular formula is C31H27NO6S. The quantitative estimate of drug-likeness (QED) is 0.338. The predicted octanol–water partition coefficient (Wildman–Crippen LogP) is 4.26. The summed E-state index contributed by atoms with van der Waals surface area (Å²) in [5.74, 6) is -1.03. The minimum absolute atomic E-state index is 0.0196. The van der Waals surface area contributed by atoms with Crippen molar-refractivity contribution in [3.63, 3.8) is 0 Å². The molecule has 0 spiro atoms. The van der Waals surface area contributed by atoms with Gasteiger partial charge in [0.25, 0.3) is 11.8 Å². The predicted molar refractivity (Wildman–Crippen MR) is 147 cm³/mol. The van der Waals surface area contributed by atoms with E-state index in [9.17, 15) is 19.8 Å². The number of carbonyl (C=O) groups is 2. The molecule has 4 aromatic rings. The number of benzene rings is 4. The first-order chi connectivity index (χ1) is 19.0. The third-order valence-electron chi connectivity index (χ3n) is 7.15. The molecule has 2 amide bonds. The number of hydrogen-bond acceptors (Lipinski definition) is 7. The Labute approximate surface area is 230 Å². The van der Waals surface area contributed by atoms with Crippen molar-refractivity contribution in [3.05, 3.63) is 114 Å². The Balaban J connectivity index is 1.22. The van der Waals surface area contributed by atoms with E-state index in [1.54, 1.807) is 24.3 Å². The second-order valence-corrected chi connectivity index (χ2v) is 10.8. The Morgan fingerprint density at radius 1 is 0.769 bits per heavy atom. The van der Waals surface area contributed by atoms with Crippen molar-refractivity contribution >= 4 is 34.3 Å². The van der Waals surface area contributed by atoms with Crippen molar-refractivity contribution in [3.8, 4) is 0 Å². The summed E-state index contributed by atoms with van der Waals surface area (Å²) in [7, 11) is 0. The van der Waals surface area contributed by atoms with Crippen molar-refractivity contribution in [2.45, 2.75) is 41.3 Å². The summed E-state index contributed by atoms with van der Waals surface area (Å²) in [5, 5.41) is 24.6. The fraction of sp³-hybridized carbons (Fsp3) is 0.226. The standard InChI is InChI=1S/C31H27NO6S/c33-27-25(18-37-17-19-14-15-20-8-4-5-9-21(20)16-19)38-31(39-22-10-2-1-3-11-22)26(28(27)34)32-29(35)23-12-6-7-13-24(23)30(32)36/h1-16,25-28,31,33-34H,17-18H2/t25-,26-,27-,28-,31+/m1/s1. The van der Waals surface area contributed by atoms with Crippen molar-refractivity contribution in [1.82, 2.24) is 4.90 Å². The summed E-state index contributed by atoms with van der Waals surface area (Å²) >= 11 is 1.29. The number of aliphatic hydroxyl groups is 2. The summed E-state index contributed by atoms with van der Waals surface area (Å²) in [6.45, 7) is 0.317. The highest BCUT2D eigenvalue weighted by atomic mass is 32.2. The maximum absolute atomic E-state index is 13.3. The molecule has 2 N–H and O–H groups in total. The Bertz CT molecular complexity index is 1480. The highest BCUT2D eigenvalue weighted by Gasteiger charge is 2.53. The number of ether oxygens (including phenoxy) is 2. The Morgan fingerprint density at radius 2 is 1.41 bits per heavy atom. The molecule has 198 valence electrons. The summed E-state index contributed by atoms with van der Waals surface area (Å²) in [6, 6.07) is 29.0. The van der Waals surface area contributed by atoms with E-state index >= 15 is 0 Å². The van der Waals surface area contributed by atoms with E-state index < -0.39 is 41.6 Å². The minimum atomic E-state index is -1.43. The van der Waals surface area contributed by atoms with Gasteiger partial charge in [0.1, 0.15) is 29.8 Å². The average molecular weight is 542 g/mol. The monoisotopic (exact) mass is 541 g/mol. The number of nitrogens with zero attached hydrogens (tertiary/aromatic N) is 1. The lowest BCUT2D eigenvalue weighted by Crippen LogP contribution is -2.64. The van der Waals surface area contributed by atoms with E-state index in [2.05, 4.69) is 6.07 Å². The zero-order chi connectivity index (χ0) is 26.9. The van der Waals surface area contributed by atoms with Crippen LogP contribution in [0.25, 0.3) is 10.8 Å². The first-order valence-corrected chi connectivity index (χ1v) is 13.6. The molecule has 0 saturated carbocycles. The number of imide groups is 1. The molecule has 0 unspecified atom stereocenters. The molecule has 0 aromatic heterocycles. The van der Waals surface area contributed by atoms with Crippen LogP contribution in [0.3, 0.4) is 0 Å². The molecule has 2 heterocycles. The molecule has 0 aliphatic carbocycles. The second-order valence-electron chi connectivity index (χ2n) is 9.67. The van der Waals surface area contributed by atoms with E-state index in [0.29, 0.717) is 6.61 Å². The van der Waals surface area contributed by atoms with Crippen LogP contribution in [0, 0.1) is 0 Å². The zero-order valence-electron chi connectivity index (χ0n) is 20.9. The molecule has 2 aliphatic heterocycles. The van der Waals surface area contributed by atoms with Crippen molar-refractivity contribution in [1.29, 1.82) is 0 Å². The van der Waals surface area contributed by atoms with Gasteiger partial charge < -0.3 is 19.7 Å². The van der Waals surface area contributed by atoms with Crippen LogP contribution in [0.2, 0.25) is 0 Å². The van der Waals surface area contributed by atoms with Gasteiger partial charge in [-0.2, -0.15) is 0 Å². The number of hydrogen-bond donors (Lipinski definition) is 2. The lowest BCUT2D eigenvalue weighted by Gasteiger charge is -2.45. The van der Waals surface area contributed by atoms with Crippen LogP contribution in [-0.4, -0.2) is 63.3 Å². The summed E-state index contributed by atoms with van der Waals surface area (Å²) < 4.78 is 12.2. The van der Waals surface area contributed by atoms with Gasteiger partial charge in [-0.1, -0.05) is 78.5 Å². The van der Waals surface area contributed by atoms with Gasteiger partial charge in [0, 0.05) is 4.90 Å². The van der Waals surface area contributed by atoms with Gasteiger partial charge >= 0.3 is 0 Å². The largest absolute Gasteiger partial charge is 0.388 e. The van der Waals surface area contributed by atoms with Crippen LogP contribution < -0.4 is 0 Å². The number of aliphatic hydroxyl groups excluding tert-OH is 2. The van der Waals surface area contributed by atoms with Crippen molar-refractivity contribution in [2.75, 3.05) is 6.61 Å². The maximum Gasteiger partial charge on any atom is 0.262 e. The average Bonchev–Trinajstić information content (AvgIpc) is 3.21. The maximum atomic E-state index is 13.3. The fourth-order valence-electron chi connectivity index (χ4n) is 5.16. The molecular weight excluding hydrogens is 514 g/mol. The van der Waals surface area contributed by atoms with E-state index in [1.807, 2.05) is 66.7 Å². The SMILES string of the molecule is O=C1c2ccccc2C(=O)N1[C@@H]1[C@@H](O)[C@H](O)[C@@H](COCc2ccc3ccccc3c2)O[C@H]1Sc1ccccc1. The lowest BCUT2D eigenvalue weighted by atomic mass is 9.96. The molecule has 0 radical (unpaired) electrons. The third kappa shape index (κ3) is 4.97. The normalized spacial score (nSPS) is 24.8. The minimum Gasteiger partial charge on any atom is -0.388 e. The van der Waals surface area contributed by atoms with Gasteiger partial charge in [-0.3, -0.25) is 14.5 Å². The van der Waals surface area contributed by atoms with Gasteiger partial charge in [-0.15, -0.1) is 0 Å². The molecule has 4 aromatic carbocycles. The molecule has 0 bridgehead atoms. The topological polar surface area (TPSA) is 96.3 Å². The highest BCUT2D eigenvalue weighted by Crippen LogP contribution is 2.39. The molecule has 2 aliphatic rings. The Kier molecular flexibility index (Phi) is 7.20. The molecule has 7 nitrogen and oxygen atoms in total. The molecule has 39 heavy (non-hydrogen) atoms. The van der Waals surface area contributed by atoms with Crippen molar-refractivity contribution < 1.29 is 29.3 Å². The second kappa shape index (κ2) is 10.9. The van der Waals surface area contributed by atoms with E-state index in [1.165, 1.54) is 11.8 Å². The van der Waals surface area contributed by atoms with E-state index in [-0.39, 0.29) is 17.7 Å². The van der Waals surface area contributed by atoms with Crippen LogP contribution in [0.1, 0.15) is 26.3 Å². The molecule has 8 heteroatoms. The fourth-order valence-corrected chi connectivity index (χ4v) is 6.36. The summed E-state index contributed by atoms with van der Waals surface area (Å²) in [4.78, 5) is 28.4. The van der Waals surface area contributed by atoms with Gasteiger partial charge in [0.15, 0.2) is 0 Å². The first kappa shape index (κ1) is 25.7. The number of rotatable bonds is 7. The van der Waals surface area contributed by atoms with Gasteiger partial charge in [0.05, 0.1) is 24.3 Å². The van der Waals surface area contributed by atoms with Gasteiger partial charge in [-0.05, 0) is 46.7 Å². The van der Waals surface area contributed by atoms with Crippen LogP contribution in [0.4, 0.5) is 0 Å². The number of amides is 2. The zero-order valence-corrected chi connectivity index (χ0v) is 21.7. The van der Waals surface area contributed by atoms with Crippen LogP contribution in [-0.2, 0) is 16.1 Å². The molecule has 1 saturated heterocycles. The van der Waals surface area contributed by atoms with Gasteiger partial charge in [-0.25, -0.2) is 0 Å². The summed E-state index contributed by atoms with van der Waals surface area (Å²) in [6.07, 6.45) is -3.67. The Hall–Kier alpha value is -3.53. The molecule has 5 atom stereocenters. The molecule has 1 fully saturated rings. The van der Waals surface area contributed by atoms with Gasteiger partial charge in [0.2, 0.25) is 0 Å². The number of carbonyl (C=O) groups excluding carboxylic acids is 2. The van der Waals surface area contributed by atoms with E-state index in [0.717, 1.165) is 26.1 Å². The number of thioether (sulfide) groups is 1. The van der Waals surface area contributed by atoms with Crippen LogP contribution in [0.5, 0.6) is 0 Å². The van der Waals surface area contributed by atoms with Crippen LogP contribution >= 0.6 is 11.8 Å². The lowest BCUT2D eigenvalue weighted by molar-refractivity contribution is -0.187. The Morgan fingerprint density at radius 3 is 2.13 bits per heavy atom. The highest BCUT2D eigenvalue weighted by molar-refractivity contribution is 7.99.